The summed E-state index contributed by atoms with van der Waals surface area (Å²) in [6, 6.07) is 9.41. The van der Waals surface area contributed by atoms with E-state index >= 15 is 0 Å². The highest BCUT2D eigenvalue weighted by molar-refractivity contribution is 7.92. The first-order valence-electron chi connectivity index (χ1n) is 9.35. The number of ether oxygens (including phenoxy) is 2. The maximum absolute atomic E-state index is 12.7. The van der Waals surface area contributed by atoms with Crippen LogP contribution in [0, 0.1) is 13.8 Å². The summed E-state index contributed by atoms with van der Waals surface area (Å²) < 4.78 is 36.9. The van der Waals surface area contributed by atoms with Gasteiger partial charge in [0.2, 0.25) is 15.9 Å². The Labute approximate surface area is 183 Å². The molecule has 0 heterocycles. The minimum atomic E-state index is -3.79. The third-order valence-corrected chi connectivity index (χ3v) is 5.92. The normalized spacial score (nSPS) is 12.2. The van der Waals surface area contributed by atoms with Gasteiger partial charge >= 0.3 is 0 Å². The van der Waals surface area contributed by atoms with Crippen LogP contribution in [0.15, 0.2) is 36.4 Å². The van der Waals surface area contributed by atoms with Gasteiger partial charge in [-0.1, -0.05) is 29.3 Å². The molecule has 2 aromatic rings. The van der Waals surface area contributed by atoms with Gasteiger partial charge in [0.1, 0.15) is 24.1 Å². The van der Waals surface area contributed by atoms with Gasteiger partial charge in [-0.15, -0.1) is 0 Å². The molecule has 0 unspecified atom stereocenters. The van der Waals surface area contributed by atoms with E-state index in [1.807, 2.05) is 32.0 Å². The number of hydrogen-bond acceptors (Lipinski definition) is 5. The fraction of sp³-hybridized carbons (Fsp3) is 0.381. The van der Waals surface area contributed by atoms with Gasteiger partial charge in [-0.3, -0.25) is 9.10 Å². The lowest BCUT2D eigenvalue weighted by Gasteiger charge is -2.29. The highest BCUT2D eigenvalue weighted by atomic mass is 35.5. The SMILES string of the molecule is COc1ccc(Cl)cc1N([C@@H](C)C(=O)NCCOc1ccc(C)cc1C)S(C)(=O)=O. The predicted octanol–water partition coefficient (Wildman–Crippen LogP) is 3.32. The van der Waals surface area contributed by atoms with E-state index in [0.717, 1.165) is 27.4 Å². The zero-order chi connectivity index (χ0) is 22.5. The maximum atomic E-state index is 12.7. The van der Waals surface area contributed by atoms with Crippen molar-refractivity contribution in [3.8, 4) is 11.5 Å². The van der Waals surface area contributed by atoms with Crippen molar-refractivity contribution in [2.24, 2.45) is 0 Å². The molecule has 0 aliphatic carbocycles. The summed E-state index contributed by atoms with van der Waals surface area (Å²) in [5, 5.41) is 3.04. The fourth-order valence-corrected chi connectivity index (χ4v) is 4.40. The third-order valence-electron chi connectivity index (χ3n) is 4.46. The van der Waals surface area contributed by atoms with Crippen LogP contribution in [0.2, 0.25) is 5.02 Å². The average molecular weight is 455 g/mol. The van der Waals surface area contributed by atoms with Crippen LogP contribution in [0.1, 0.15) is 18.1 Å². The van der Waals surface area contributed by atoms with E-state index in [4.69, 9.17) is 21.1 Å². The summed E-state index contributed by atoms with van der Waals surface area (Å²) in [5.41, 5.74) is 2.34. The Hall–Kier alpha value is -2.45. The first-order chi connectivity index (χ1) is 14.0. The summed E-state index contributed by atoms with van der Waals surface area (Å²) in [7, 11) is -2.37. The van der Waals surface area contributed by atoms with Crippen molar-refractivity contribution in [1.29, 1.82) is 0 Å². The molecule has 2 rings (SSSR count). The summed E-state index contributed by atoms with van der Waals surface area (Å²) in [5.74, 6) is 0.568. The van der Waals surface area contributed by atoms with Crippen molar-refractivity contribution in [1.82, 2.24) is 5.32 Å². The number of carbonyl (C=O) groups is 1. The molecule has 1 amide bonds. The number of hydrogen-bond donors (Lipinski definition) is 1. The highest BCUT2D eigenvalue weighted by Gasteiger charge is 2.31. The Balaban J connectivity index is 2.08. The minimum absolute atomic E-state index is 0.196. The highest BCUT2D eigenvalue weighted by Crippen LogP contribution is 2.34. The molecule has 0 radical (unpaired) electrons. The second-order valence-electron chi connectivity index (χ2n) is 6.96. The van der Waals surface area contributed by atoms with E-state index in [1.165, 1.54) is 20.1 Å². The number of rotatable bonds is 9. The minimum Gasteiger partial charge on any atom is -0.495 e. The van der Waals surface area contributed by atoms with E-state index in [9.17, 15) is 13.2 Å². The predicted molar refractivity (Wildman–Crippen MR) is 119 cm³/mol. The summed E-state index contributed by atoms with van der Waals surface area (Å²) >= 11 is 6.04. The second kappa shape index (κ2) is 10.0. The van der Waals surface area contributed by atoms with E-state index in [1.54, 1.807) is 12.1 Å². The molecule has 1 atom stereocenters. The molecule has 0 aromatic heterocycles. The molecule has 0 saturated heterocycles. The Morgan fingerprint density at radius 2 is 1.83 bits per heavy atom. The zero-order valence-corrected chi connectivity index (χ0v) is 19.3. The summed E-state index contributed by atoms with van der Waals surface area (Å²) in [6.45, 7) is 5.93. The summed E-state index contributed by atoms with van der Waals surface area (Å²) in [4.78, 5) is 12.7. The van der Waals surface area contributed by atoms with Gasteiger partial charge in [-0.2, -0.15) is 0 Å². The van der Waals surface area contributed by atoms with Gasteiger partial charge in [0.25, 0.3) is 0 Å². The van der Waals surface area contributed by atoms with Crippen molar-refractivity contribution in [3.63, 3.8) is 0 Å². The molecular weight excluding hydrogens is 428 g/mol. The molecule has 164 valence electrons. The van der Waals surface area contributed by atoms with Gasteiger partial charge in [0.05, 0.1) is 25.6 Å². The van der Waals surface area contributed by atoms with Crippen molar-refractivity contribution in [2.45, 2.75) is 26.8 Å². The number of carbonyl (C=O) groups excluding carboxylic acids is 1. The number of nitrogens with zero attached hydrogens (tertiary/aromatic N) is 1. The van der Waals surface area contributed by atoms with Crippen LogP contribution in [0.25, 0.3) is 0 Å². The average Bonchev–Trinajstić information content (AvgIpc) is 2.65. The Bertz CT molecular complexity index is 1010. The van der Waals surface area contributed by atoms with Crippen molar-refractivity contribution in [2.75, 3.05) is 30.8 Å². The first-order valence-corrected chi connectivity index (χ1v) is 11.6. The smallest absolute Gasteiger partial charge is 0.243 e. The Morgan fingerprint density at radius 3 is 2.43 bits per heavy atom. The van der Waals surface area contributed by atoms with Gasteiger partial charge in [0, 0.05) is 5.02 Å². The molecule has 0 saturated carbocycles. The van der Waals surface area contributed by atoms with E-state index in [-0.39, 0.29) is 18.8 Å². The molecule has 0 fully saturated rings. The monoisotopic (exact) mass is 454 g/mol. The molecule has 2 aromatic carbocycles. The molecular formula is C21H27ClN2O5S. The Kier molecular flexibility index (Phi) is 7.97. The van der Waals surface area contributed by atoms with Crippen LogP contribution in [-0.4, -0.2) is 46.9 Å². The standard InChI is InChI=1S/C21H27ClN2O5S/c1-14-6-8-19(15(2)12-14)29-11-10-23-21(25)16(3)24(30(5,26)27)18-13-17(22)7-9-20(18)28-4/h6-9,12-13,16H,10-11H2,1-5H3,(H,23,25)/t16-/m0/s1. The largest absolute Gasteiger partial charge is 0.495 e. The number of amides is 1. The first kappa shape index (κ1) is 23.8. The number of methoxy groups -OCH3 is 1. The fourth-order valence-electron chi connectivity index (χ4n) is 3.06. The number of sulfonamides is 1. The van der Waals surface area contributed by atoms with Gasteiger partial charge < -0.3 is 14.8 Å². The molecule has 0 aliphatic rings. The zero-order valence-electron chi connectivity index (χ0n) is 17.7. The quantitative estimate of drug-likeness (QED) is 0.587. The number of halogens is 1. The van der Waals surface area contributed by atoms with Crippen LogP contribution in [0.4, 0.5) is 5.69 Å². The van der Waals surface area contributed by atoms with E-state index < -0.39 is 22.0 Å². The third kappa shape index (κ3) is 6.03. The molecule has 1 N–H and O–H groups in total. The molecule has 30 heavy (non-hydrogen) atoms. The molecule has 0 bridgehead atoms. The van der Waals surface area contributed by atoms with Crippen LogP contribution >= 0.6 is 11.6 Å². The van der Waals surface area contributed by atoms with E-state index in [0.29, 0.717) is 10.8 Å². The number of nitrogens with one attached hydrogen (secondary N) is 1. The molecule has 7 nitrogen and oxygen atoms in total. The van der Waals surface area contributed by atoms with Crippen LogP contribution < -0.4 is 19.1 Å². The number of anilines is 1. The lowest BCUT2D eigenvalue weighted by Crippen LogP contribution is -2.48. The molecule has 0 spiro atoms. The van der Waals surface area contributed by atoms with Crippen LogP contribution in [0.3, 0.4) is 0 Å². The van der Waals surface area contributed by atoms with Crippen molar-refractivity contribution in [3.05, 3.63) is 52.5 Å². The van der Waals surface area contributed by atoms with Crippen molar-refractivity contribution >= 4 is 33.2 Å². The number of aryl methyl sites for hydroxylation is 2. The topological polar surface area (TPSA) is 84.9 Å². The van der Waals surface area contributed by atoms with Gasteiger partial charge in [-0.05, 0) is 50.6 Å². The van der Waals surface area contributed by atoms with Crippen LogP contribution in [-0.2, 0) is 14.8 Å². The lowest BCUT2D eigenvalue weighted by atomic mass is 10.1. The number of benzene rings is 2. The maximum Gasteiger partial charge on any atom is 0.243 e. The van der Waals surface area contributed by atoms with Crippen molar-refractivity contribution < 1.29 is 22.7 Å². The van der Waals surface area contributed by atoms with E-state index in [2.05, 4.69) is 5.32 Å². The van der Waals surface area contributed by atoms with Gasteiger partial charge in [-0.25, -0.2) is 8.42 Å². The Morgan fingerprint density at radius 1 is 1.17 bits per heavy atom. The molecule has 0 aliphatic heterocycles. The molecule has 9 heteroatoms. The van der Waals surface area contributed by atoms with Crippen LogP contribution in [0.5, 0.6) is 11.5 Å². The summed E-state index contributed by atoms with van der Waals surface area (Å²) in [6.07, 6.45) is 1.03. The lowest BCUT2D eigenvalue weighted by molar-refractivity contribution is -0.121. The second-order valence-corrected chi connectivity index (χ2v) is 9.26. The van der Waals surface area contributed by atoms with Gasteiger partial charge in [0.15, 0.2) is 0 Å².